The highest BCUT2D eigenvalue weighted by molar-refractivity contribution is 7.99. The van der Waals surface area contributed by atoms with Crippen LogP contribution in [0.3, 0.4) is 0 Å². The largest absolute Gasteiger partial charge is 0.369 e. The van der Waals surface area contributed by atoms with Gasteiger partial charge in [0.1, 0.15) is 23.6 Å². The van der Waals surface area contributed by atoms with E-state index in [4.69, 9.17) is 0 Å². The number of rotatable bonds is 8. The average Bonchev–Trinajstić information content (AvgIpc) is 3.13. The quantitative estimate of drug-likeness (QED) is 0.558. The first-order chi connectivity index (χ1) is 14.3. The highest BCUT2D eigenvalue weighted by Crippen LogP contribution is 2.42. The number of sulfonamides is 1. The van der Waals surface area contributed by atoms with E-state index >= 15 is 0 Å². The van der Waals surface area contributed by atoms with Crippen molar-refractivity contribution in [1.82, 2.24) is 9.97 Å². The van der Waals surface area contributed by atoms with E-state index in [1.807, 2.05) is 6.92 Å². The summed E-state index contributed by atoms with van der Waals surface area (Å²) in [7, 11) is -3.78. The minimum absolute atomic E-state index is 0.213. The monoisotopic (exact) mass is 457 g/mol. The van der Waals surface area contributed by atoms with Crippen LogP contribution in [-0.2, 0) is 14.8 Å². The Hall–Kier alpha value is -2.47. The molecule has 8 nitrogen and oxygen atoms in total. The van der Waals surface area contributed by atoms with Crippen LogP contribution in [0.4, 0.5) is 26.0 Å². The lowest BCUT2D eigenvalue weighted by molar-refractivity contribution is -0.117. The number of hydrogen-bond acceptors (Lipinski definition) is 7. The number of benzene rings is 1. The SMILES string of the molecule is CCCS(=O)(=O)Nc1ccc(F)c(NC(=O)C2CSc3c(NCC)ncnc32)c1F. The van der Waals surface area contributed by atoms with Crippen LogP contribution in [0.2, 0.25) is 0 Å². The second-order valence-electron chi connectivity index (χ2n) is 6.52. The molecular weight excluding hydrogens is 436 g/mol. The third-order valence-electron chi connectivity index (χ3n) is 4.29. The van der Waals surface area contributed by atoms with Crippen LogP contribution in [0.1, 0.15) is 31.9 Å². The van der Waals surface area contributed by atoms with E-state index in [0.29, 0.717) is 30.2 Å². The summed E-state index contributed by atoms with van der Waals surface area (Å²) in [6.45, 7) is 4.21. The molecule has 30 heavy (non-hydrogen) atoms. The van der Waals surface area contributed by atoms with Gasteiger partial charge in [-0.05, 0) is 25.5 Å². The Morgan fingerprint density at radius 2 is 2.03 bits per heavy atom. The number of nitrogens with one attached hydrogen (secondary N) is 3. The number of anilines is 3. The minimum Gasteiger partial charge on any atom is -0.369 e. The summed E-state index contributed by atoms with van der Waals surface area (Å²) in [6.07, 6.45) is 1.66. The Bertz CT molecular complexity index is 1070. The Kier molecular flexibility index (Phi) is 6.76. The third kappa shape index (κ3) is 4.64. The number of nitrogens with zero attached hydrogens (tertiary/aromatic N) is 2. The summed E-state index contributed by atoms with van der Waals surface area (Å²) in [5.41, 5.74) is -0.668. The van der Waals surface area contributed by atoms with Crippen molar-refractivity contribution in [1.29, 1.82) is 0 Å². The van der Waals surface area contributed by atoms with Crippen LogP contribution in [0, 0.1) is 11.6 Å². The first kappa shape index (κ1) is 22.2. The summed E-state index contributed by atoms with van der Waals surface area (Å²) < 4.78 is 55.0. The number of thioether (sulfide) groups is 1. The second kappa shape index (κ2) is 9.13. The fourth-order valence-electron chi connectivity index (χ4n) is 2.96. The van der Waals surface area contributed by atoms with Crippen LogP contribution < -0.4 is 15.4 Å². The topological polar surface area (TPSA) is 113 Å². The molecule has 2 aromatic rings. The summed E-state index contributed by atoms with van der Waals surface area (Å²) in [6, 6.07) is 1.87. The van der Waals surface area contributed by atoms with Gasteiger partial charge in [0.2, 0.25) is 15.9 Å². The number of aromatic nitrogens is 2. The zero-order chi connectivity index (χ0) is 21.9. The Morgan fingerprint density at radius 3 is 2.73 bits per heavy atom. The fraction of sp³-hybridized carbons (Fsp3) is 0.389. The molecule has 0 fully saturated rings. The summed E-state index contributed by atoms with van der Waals surface area (Å²) in [5, 5.41) is 5.34. The molecule has 0 radical (unpaired) electrons. The molecule has 1 aliphatic rings. The van der Waals surface area contributed by atoms with Crippen molar-refractivity contribution in [3.8, 4) is 0 Å². The number of amides is 1. The van der Waals surface area contributed by atoms with Crippen molar-refractivity contribution in [2.75, 3.05) is 33.4 Å². The van der Waals surface area contributed by atoms with Gasteiger partial charge in [-0.15, -0.1) is 11.8 Å². The summed E-state index contributed by atoms with van der Waals surface area (Å²) >= 11 is 1.38. The van der Waals surface area contributed by atoms with E-state index in [9.17, 15) is 22.0 Å². The van der Waals surface area contributed by atoms with E-state index in [-0.39, 0.29) is 5.75 Å². The molecule has 1 atom stereocenters. The Morgan fingerprint density at radius 1 is 1.27 bits per heavy atom. The molecule has 1 aliphatic heterocycles. The van der Waals surface area contributed by atoms with Gasteiger partial charge in [-0.1, -0.05) is 6.92 Å². The Balaban J connectivity index is 1.85. The third-order valence-corrected chi connectivity index (χ3v) is 6.96. The van der Waals surface area contributed by atoms with Gasteiger partial charge in [-0.25, -0.2) is 27.2 Å². The van der Waals surface area contributed by atoms with Crippen LogP contribution in [0.25, 0.3) is 0 Å². The molecular formula is C18H21F2N5O3S2. The second-order valence-corrected chi connectivity index (χ2v) is 9.40. The molecule has 0 bridgehead atoms. The van der Waals surface area contributed by atoms with Crippen molar-refractivity contribution in [3.63, 3.8) is 0 Å². The van der Waals surface area contributed by atoms with Gasteiger partial charge >= 0.3 is 0 Å². The van der Waals surface area contributed by atoms with Crippen molar-refractivity contribution < 1.29 is 22.0 Å². The van der Waals surface area contributed by atoms with Crippen LogP contribution >= 0.6 is 11.8 Å². The standard InChI is InChI=1S/C18H21F2N5O3S2/c1-3-7-30(27,28)25-12-6-5-11(19)15(13(12)20)24-18(26)10-8-29-16-14(10)22-9-23-17(16)21-4-2/h5-6,9-10,25H,3-4,7-8H2,1-2H3,(H,24,26)(H,21,22,23). The van der Waals surface area contributed by atoms with Gasteiger partial charge in [-0.3, -0.25) is 9.52 Å². The highest BCUT2D eigenvalue weighted by atomic mass is 32.2. The van der Waals surface area contributed by atoms with E-state index in [2.05, 4.69) is 25.3 Å². The average molecular weight is 458 g/mol. The van der Waals surface area contributed by atoms with E-state index in [1.54, 1.807) is 6.92 Å². The first-order valence-corrected chi connectivity index (χ1v) is 11.9. The van der Waals surface area contributed by atoms with Crippen molar-refractivity contribution in [2.24, 2.45) is 0 Å². The maximum absolute atomic E-state index is 14.8. The van der Waals surface area contributed by atoms with Crippen LogP contribution in [0.15, 0.2) is 23.4 Å². The molecule has 1 aromatic carbocycles. The maximum atomic E-state index is 14.8. The molecule has 3 N–H and O–H groups in total. The Labute approximate surface area is 177 Å². The normalized spacial score (nSPS) is 15.5. The molecule has 162 valence electrons. The number of halogens is 2. The molecule has 0 saturated heterocycles. The zero-order valence-corrected chi connectivity index (χ0v) is 18.0. The summed E-state index contributed by atoms with van der Waals surface area (Å²) in [4.78, 5) is 21.8. The van der Waals surface area contributed by atoms with Gasteiger partial charge in [0.25, 0.3) is 0 Å². The molecule has 0 saturated carbocycles. The molecule has 0 spiro atoms. The predicted molar refractivity (Wildman–Crippen MR) is 112 cm³/mol. The molecule has 1 aromatic heterocycles. The molecule has 0 aliphatic carbocycles. The molecule has 3 rings (SSSR count). The number of hydrogen-bond donors (Lipinski definition) is 3. The number of carbonyl (C=O) groups excluding carboxylic acids is 1. The van der Waals surface area contributed by atoms with Crippen LogP contribution in [-0.4, -0.2) is 42.3 Å². The lowest BCUT2D eigenvalue weighted by atomic mass is 10.1. The van der Waals surface area contributed by atoms with E-state index in [1.165, 1.54) is 18.1 Å². The number of carbonyl (C=O) groups is 1. The van der Waals surface area contributed by atoms with Gasteiger partial charge < -0.3 is 10.6 Å². The number of fused-ring (bicyclic) bond motifs is 1. The van der Waals surface area contributed by atoms with Crippen molar-refractivity contribution in [3.05, 3.63) is 35.8 Å². The van der Waals surface area contributed by atoms with Gasteiger partial charge in [0.15, 0.2) is 5.82 Å². The molecule has 2 heterocycles. The maximum Gasteiger partial charge on any atom is 0.234 e. The van der Waals surface area contributed by atoms with Gasteiger partial charge in [-0.2, -0.15) is 0 Å². The molecule has 1 unspecified atom stereocenters. The molecule has 1 amide bonds. The highest BCUT2D eigenvalue weighted by Gasteiger charge is 2.34. The minimum atomic E-state index is -3.78. The lowest BCUT2D eigenvalue weighted by Gasteiger charge is -2.15. The van der Waals surface area contributed by atoms with E-state index in [0.717, 1.165) is 17.0 Å². The zero-order valence-electron chi connectivity index (χ0n) is 16.3. The van der Waals surface area contributed by atoms with E-state index < -0.39 is 44.9 Å². The van der Waals surface area contributed by atoms with Gasteiger partial charge in [0, 0.05) is 12.3 Å². The van der Waals surface area contributed by atoms with Gasteiger partial charge in [0.05, 0.1) is 27.9 Å². The van der Waals surface area contributed by atoms with Crippen molar-refractivity contribution in [2.45, 2.75) is 31.1 Å². The predicted octanol–water partition coefficient (Wildman–Crippen LogP) is 3.17. The first-order valence-electron chi connectivity index (χ1n) is 9.28. The smallest absolute Gasteiger partial charge is 0.234 e. The van der Waals surface area contributed by atoms with Crippen LogP contribution in [0.5, 0.6) is 0 Å². The molecule has 12 heteroatoms. The fourth-order valence-corrected chi connectivity index (χ4v) is 5.34. The lowest BCUT2D eigenvalue weighted by Crippen LogP contribution is -2.24. The summed E-state index contributed by atoms with van der Waals surface area (Å²) in [5.74, 6) is -2.85. The van der Waals surface area contributed by atoms with Crippen molar-refractivity contribution >= 4 is 44.9 Å².